The Morgan fingerprint density at radius 1 is 1.59 bits per heavy atom. The first-order valence-electron chi connectivity index (χ1n) is 5.47. The minimum Gasteiger partial charge on any atom is -0.409 e. The topological polar surface area (TPSA) is 95.0 Å². The van der Waals surface area contributed by atoms with Crippen molar-refractivity contribution in [3.8, 4) is 0 Å². The molecule has 1 aromatic heterocycles. The highest BCUT2D eigenvalue weighted by molar-refractivity contribution is 5.95. The van der Waals surface area contributed by atoms with Gasteiger partial charge in [0.25, 0.3) is 0 Å². The van der Waals surface area contributed by atoms with E-state index in [1.165, 1.54) is 0 Å². The number of aromatic nitrogens is 1. The van der Waals surface area contributed by atoms with Gasteiger partial charge in [-0.05, 0) is 24.2 Å². The summed E-state index contributed by atoms with van der Waals surface area (Å²) in [6, 6.07) is 3.64. The van der Waals surface area contributed by atoms with E-state index in [4.69, 9.17) is 16.0 Å². The average Bonchev–Trinajstić information content (AvgIpc) is 2.37. The van der Waals surface area contributed by atoms with Gasteiger partial charge in [-0.15, -0.1) is 0 Å². The number of aliphatic hydroxyl groups is 1. The van der Waals surface area contributed by atoms with Crippen LogP contribution in [0.3, 0.4) is 0 Å². The zero-order chi connectivity index (χ0) is 12.7. The summed E-state index contributed by atoms with van der Waals surface area (Å²) in [6.07, 6.45) is 1.62. The number of oxime groups is 1. The molecule has 1 heterocycles. The molecular formula is C11H18N4O2. The van der Waals surface area contributed by atoms with Gasteiger partial charge in [0.2, 0.25) is 0 Å². The smallest absolute Gasteiger partial charge is 0.188 e. The van der Waals surface area contributed by atoms with E-state index in [0.29, 0.717) is 18.8 Å². The Balaban J connectivity index is 2.77. The Hall–Kier alpha value is -1.66. The molecule has 0 amide bonds. The number of rotatable bonds is 6. The second-order valence-electron chi connectivity index (χ2n) is 3.63. The summed E-state index contributed by atoms with van der Waals surface area (Å²) in [5.41, 5.74) is 6.93. The number of nitrogens with zero attached hydrogens (tertiary/aromatic N) is 3. The monoisotopic (exact) mass is 238 g/mol. The maximum absolute atomic E-state index is 8.90. The van der Waals surface area contributed by atoms with Crippen LogP contribution in [0.15, 0.2) is 23.5 Å². The number of pyridine rings is 1. The third kappa shape index (κ3) is 4.01. The number of aliphatic hydroxyl groups excluding tert-OH is 1. The van der Waals surface area contributed by atoms with Crippen molar-refractivity contribution in [2.24, 2.45) is 10.9 Å². The first-order chi connectivity index (χ1) is 8.21. The fourth-order valence-electron chi connectivity index (χ4n) is 1.51. The van der Waals surface area contributed by atoms with Gasteiger partial charge in [0.1, 0.15) is 5.69 Å². The Morgan fingerprint density at radius 3 is 2.94 bits per heavy atom. The molecule has 0 radical (unpaired) electrons. The maximum atomic E-state index is 8.90. The molecule has 0 fully saturated rings. The predicted octanol–water partition coefficient (Wildman–Crippen LogP) is -0.00970. The standard InChI is InChI=1S/C11H18N4O2/c1-2-15(5-6-16)8-9-3-4-13-10(7-9)11(12)14-17/h3-4,7,16-17H,2,5-6,8H2,1H3,(H2,12,14). The van der Waals surface area contributed by atoms with Gasteiger partial charge >= 0.3 is 0 Å². The van der Waals surface area contributed by atoms with E-state index < -0.39 is 0 Å². The van der Waals surface area contributed by atoms with Gasteiger partial charge in [0.05, 0.1) is 6.61 Å². The van der Waals surface area contributed by atoms with Gasteiger partial charge in [0, 0.05) is 19.3 Å². The number of hydrogen-bond donors (Lipinski definition) is 3. The molecule has 94 valence electrons. The molecule has 0 atom stereocenters. The fourth-order valence-corrected chi connectivity index (χ4v) is 1.51. The van der Waals surface area contributed by atoms with Crippen LogP contribution in [0.5, 0.6) is 0 Å². The molecular weight excluding hydrogens is 220 g/mol. The second kappa shape index (κ2) is 6.82. The van der Waals surface area contributed by atoms with Gasteiger partial charge in [-0.3, -0.25) is 9.88 Å². The summed E-state index contributed by atoms with van der Waals surface area (Å²) < 4.78 is 0. The summed E-state index contributed by atoms with van der Waals surface area (Å²) in [5, 5.41) is 20.4. The molecule has 1 rings (SSSR count). The Morgan fingerprint density at radius 2 is 2.35 bits per heavy atom. The molecule has 6 heteroatoms. The van der Waals surface area contributed by atoms with E-state index in [1.807, 2.05) is 13.0 Å². The molecule has 17 heavy (non-hydrogen) atoms. The Bertz CT molecular complexity index is 381. The van der Waals surface area contributed by atoms with Crippen molar-refractivity contribution in [1.82, 2.24) is 9.88 Å². The molecule has 0 aliphatic rings. The molecule has 0 unspecified atom stereocenters. The largest absolute Gasteiger partial charge is 0.409 e. The fraction of sp³-hybridized carbons (Fsp3) is 0.455. The van der Waals surface area contributed by atoms with Crippen molar-refractivity contribution >= 4 is 5.84 Å². The van der Waals surface area contributed by atoms with Gasteiger partial charge in [-0.25, -0.2) is 0 Å². The van der Waals surface area contributed by atoms with Crippen molar-refractivity contribution in [2.75, 3.05) is 19.7 Å². The van der Waals surface area contributed by atoms with Crippen LogP contribution in [0.1, 0.15) is 18.2 Å². The Labute approximate surface area is 100 Å². The van der Waals surface area contributed by atoms with Gasteiger partial charge in [0.15, 0.2) is 5.84 Å². The molecule has 0 saturated heterocycles. The van der Waals surface area contributed by atoms with Crippen LogP contribution in [0.25, 0.3) is 0 Å². The van der Waals surface area contributed by atoms with Crippen LogP contribution in [-0.2, 0) is 6.54 Å². The van der Waals surface area contributed by atoms with Crippen LogP contribution in [0.4, 0.5) is 0 Å². The molecule has 4 N–H and O–H groups in total. The van der Waals surface area contributed by atoms with E-state index in [0.717, 1.165) is 12.1 Å². The first kappa shape index (κ1) is 13.4. The molecule has 1 aromatic rings. The van der Waals surface area contributed by atoms with Gasteiger partial charge in [-0.1, -0.05) is 12.1 Å². The summed E-state index contributed by atoms with van der Waals surface area (Å²) in [6.45, 7) is 4.33. The maximum Gasteiger partial charge on any atom is 0.188 e. The van der Waals surface area contributed by atoms with Crippen molar-refractivity contribution in [3.63, 3.8) is 0 Å². The highest BCUT2D eigenvalue weighted by Gasteiger charge is 2.06. The number of nitrogens with two attached hydrogens (primary N) is 1. The lowest BCUT2D eigenvalue weighted by Crippen LogP contribution is -2.26. The molecule has 0 aromatic carbocycles. The lowest BCUT2D eigenvalue weighted by atomic mass is 10.2. The zero-order valence-corrected chi connectivity index (χ0v) is 9.87. The normalized spacial score (nSPS) is 12.1. The van der Waals surface area contributed by atoms with Crippen LogP contribution in [0.2, 0.25) is 0 Å². The molecule has 0 bridgehead atoms. The van der Waals surface area contributed by atoms with Crippen molar-refractivity contribution in [1.29, 1.82) is 0 Å². The summed E-state index contributed by atoms with van der Waals surface area (Å²) in [4.78, 5) is 6.09. The first-order valence-corrected chi connectivity index (χ1v) is 5.47. The van der Waals surface area contributed by atoms with Crippen molar-refractivity contribution in [2.45, 2.75) is 13.5 Å². The number of likely N-dealkylation sites (N-methyl/N-ethyl adjacent to an activating group) is 1. The third-order valence-electron chi connectivity index (χ3n) is 2.46. The highest BCUT2D eigenvalue weighted by Crippen LogP contribution is 2.05. The van der Waals surface area contributed by atoms with E-state index >= 15 is 0 Å². The summed E-state index contributed by atoms with van der Waals surface area (Å²) in [7, 11) is 0. The van der Waals surface area contributed by atoms with Crippen LogP contribution in [0, 0.1) is 0 Å². The molecule has 0 saturated carbocycles. The second-order valence-corrected chi connectivity index (χ2v) is 3.63. The highest BCUT2D eigenvalue weighted by atomic mass is 16.4. The minimum atomic E-state index is -0.00273. The molecule has 0 aliphatic heterocycles. The molecule has 0 spiro atoms. The minimum absolute atomic E-state index is 0.00273. The number of amidine groups is 1. The number of hydrogen-bond acceptors (Lipinski definition) is 5. The van der Waals surface area contributed by atoms with Crippen molar-refractivity contribution < 1.29 is 10.3 Å². The van der Waals surface area contributed by atoms with Crippen molar-refractivity contribution in [3.05, 3.63) is 29.6 Å². The predicted molar refractivity (Wildman–Crippen MR) is 64.8 cm³/mol. The van der Waals surface area contributed by atoms with Crippen LogP contribution < -0.4 is 5.73 Å². The van der Waals surface area contributed by atoms with E-state index in [1.54, 1.807) is 12.3 Å². The van der Waals surface area contributed by atoms with E-state index in [-0.39, 0.29) is 12.4 Å². The third-order valence-corrected chi connectivity index (χ3v) is 2.46. The van der Waals surface area contributed by atoms with Gasteiger partial charge < -0.3 is 16.0 Å². The lowest BCUT2D eigenvalue weighted by molar-refractivity contribution is 0.197. The summed E-state index contributed by atoms with van der Waals surface area (Å²) in [5.74, 6) is -0.00273. The lowest BCUT2D eigenvalue weighted by Gasteiger charge is -2.19. The molecule has 0 aliphatic carbocycles. The van der Waals surface area contributed by atoms with E-state index in [2.05, 4.69) is 15.0 Å². The molecule has 6 nitrogen and oxygen atoms in total. The summed E-state index contributed by atoms with van der Waals surface area (Å²) >= 11 is 0. The Kier molecular flexibility index (Phi) is 5.38. The quantitative estimate of drug-likeness (QED) is 0.280. The van der Waals surface area contributed by atoms with Crippen LogP contribution in [-0.4, -0.2) is 45.7 Å². The van der Waals surface area contributed by atoms with Crippen LogP contribution >= 0.6 is 0 Å². The zero-order valence-electron chi connectivity index (χ0n) is 9.87. The van der Waals surface area contributed by atoms with Gasteiger partial charge in [-0.2, -0.15) is 0 Å². The SMILES string of the molecule is CCN(CCO)Cc1ccnc(C(N)=NO)c1. The van der Waals surface area contributed by atoms with E-state index in [9.17, 15) is 0 Å². The average molecular weight is 238 g/mol.